The van der Waals surface area contributed by atoms with Crippen LogP contribution in [-0.4, -0.2) is 41.5 Å². The van der Waals surface area contributed by atoms with Crippen molar-refractivity contribution in [3.63, 3.8) is 0 Å². The number of carbonyl (C=O) groups excluding carboxylic acids is 1. The van der Waals surface area contributed by atoms with Gasteiger partial charge in [0.2, 0.25) is 5.88 Å². The highest BCUT2D eigenvalue weighted by molar-refractivity contribution is 5.92. The number of aromatic nitrogens is 3. The molecule has 0 fully saturated rings. The Hall–Kier alpha value is -4.07. The maximum Gasteiger partial charge on any atom is 0.262 e. The first-order valence-electron chi connectivity index (χ1n) is 11.0. The smallest absolute Gasteiger partial charge is 0.262 e. The van der Waals surface area contributed by atoms with Gasteiger partial charge in [0.15, 0.2) is 23.8 Å². The highest BCUT2D eigenvalue weighted by atomic mass is 16.5. The van der Waals surface area contributed by atoms with E-state index in [1.807, 2.05) is 36.7 Å². The lowest BCUT2D eigenvalue weighted by Gasteiger charge is -2.11. The first-order valence-corrected chi connectivity index (χ1v) is 11.0. The van der Waals surface area contributed by atoms with Crippen molar-refractivity contribution in [2.24, 2.45) is 0 Å². The van der Waals surface area contributed by atoms with Gasteiger partial charge in [0, 0.05) is 23.2 Å². The second kappa shape index (κ2) is 9.82. The number of methoxy groups -OCH3 is 2. The van der Waals surface area contributed by atoms with Gasteiger partial charge in [-0.3, -0.25) is 4.79 Å². The summed E-state index contributed by atoms with van der Waals surface area (Å²) in [6, 6.07) is 15.2. The van der Waals surface area contributed by atoms with Crippen LogP contribution in [0.5, 0.6) is 17.4 Å². The molecule has 0 bridgehead atoms. The molecule has 4 rings (SSSR count). The van der Waals surface area contributed by atoms with Gasteiger partial charge < -0.3 is 19.5 Å². The molecule has 0 saturated carbocycles. The van der Waals surface area contributed by atoms with E-state index in [4.69, 9.17) is 19.3 Å². The maximum atomic E-state index is 12.5. The predicted molar refractivity (Wildman–Crippen MR) is 131 cm³/mol. The minimum absolute atomic E-state index is 0.190. The van der Waals surface area contributed by atoms with Crippen molar-refractivity contribution in [1.29, 1.82) is 0 Å². The fourth-order valence-electron chi connectivity index (χ4n) is 3.85. The molecule has 4 aromatic rings. The van der Waals surface area contributed by atoms with E-state index in [0.29, 0.717) is 28.7 Å². The van der Waals surface area contributed by atoms with Gasteiger partial charge >= 0.3 is 0 Å². The summed E-state index contributed by atoms with van der Waals surface area (Å²) in [6.45, 7) is 5.88. The van der Waals surface area contributed by atoms with Gasteiger partial charge in [0.05, 0.1) is 25.6 Å². The lowest BCUT2D eigenvalue weighted by Crippen LogP contribution is -2.20. The Labute approximate surface area is 198 Å². The van der Waals surface area contributed by atoms with E-state index in [0.717, 1.165) is 28.8 Å². The molecule has 34 heavy (non-hydrogen) atoms. The van der Waals surface area contributed by atoms with Crippen molar-refractivity contribution in [2.75, 3.05) is 26.1 Å². The van der Waals surface area contributed by atoms with Gasteiger partial charge in [0.1, 0.15) is 0 Å². The van der Waals surface area contributed by atoms with Crippen LogP contribution in [-0.2, 0) is 11.2 Å². The molecule has 0 radical (unpaired) electrons. The molecule has 0 atom stereocenters. The van der Waals surface area contributed by atoms with Crippen LogP contribution in [0.25, 0.3) is 16.7 Å². The van der Waals surface area contributed by atoms with Crippen LogP contribution >= 0.6 is 0 Å². The van der Waals surface area contributed by atoms with Crippen molar-refractivity contribution < 1.29 is 19.0 Å². The van der Waals surface area contributed by atoms with Gasteiger partial charge in [0.25, 0.3) is 5.91 Å². The number of pyridine rings is 1. The number of nitrogens with zero attached hydrogens (tertiary/aromatic N) is 3. The van der Waals surface area contributed by atoms with E-state index in [9.17, 15) is 4.79 Å². The highest BCUT2D eigenvalue weighted by Gasteiger charge is 2.16. The van der Waals surface area contributed by atoms with E-state index in [1.165, 1.54) is 5.56 Å². The number of anilines is 1. The van der Waals surface area contributed by atoms with E-state index in [-0.39, 0.29) is 12.5 Å². The van der Waals surface area contributed by atoms with Gasteiger partial charge in [-0.05, 0) is 55.7 Å². The first kappa shape index (κ1) is 23.1. The van der Waals surface area contributed by atoms with Crippen LogP contribution in [0.3, 0.4) is 0 Å². The minimum Gasteiger partial charge on any atom is -0.493 e. The van der Waals surface area contributed by atoms with Crippen LogP contribution in [0, 0.1) is 13.8 Å². The lowest BCUT2D eigenvalue weighted by molar-refractivity contribution is -0.118. The Morgan fingerprint density at radius 1 is 1.00 bits per heavy atom. The molecule has 2 aromatic heterocycles. The number of aryl methyl sites for hydroxylation is 3. The van der Waals surface area contributed by atoms with Crippen molar-refractivity contribution in [3.8, 4) is 23.1 Å². The monoisotopic (exact) mass is 460 g/mol. The molecule has 0 unspecified atom stereocenters. The second-order valence-electron chi connectivity index (χ2n) is 7.90. The Kier molecular flexibility index (Phi) is 6.67. The molecule has 0 aliphatic carbocycles. The highest BCUT2D eigenvalue weighted by Crippen LogP contribution is 2.30. The summed E-state index contributed by atoms with van der Waals surface area (Å²) in [7, 11) is 3.10. The van der Waals surface area contributed by atoms with Crippen LogP contribution in [0.4, 0.5) is 5.69 Å². The zero-order chi connectivity index (χ0) is 24.2. The summed E-state index contributed by atoms with van der Waals surface area (Å²) in [5.74, 6) is 1.16. The summed E-state index contributed by atoms with van der Waals surface area (Å²) in [5, 5.41) is 8.47. The van der Waals surface area contributed by atoms with Crippen molar-refractivity contribution in [2.45, 2.75) is 27.2 Å². The molecule has 8 nitrogen and oxygen atoms in total. The summed E-state index contributed by atoms with van der Waals surface area (Å²) < 4.78 is 18.1. The molecule has 0 aliphatic heterocycles. The molecule has 1 N–H and O–H groups in total. The van der Waals surface area contributed by atoms with Crippen molar-refractivity contribution in [1.82, 2.24) is 14.8 Å². The van der Waals surface area contributed by atoms with Crippen molar-refractivity contribution in [3.05, 3.63) is 65.4 Å². The van der Waals surface area contributed by atoms with Crippen LogP contribution in [0.1, 0.15) is 23.7 Å². The molecule has 1 amide bonds. The number of benzene rings is 2. The lowest BCUT2D eigenvalue weighted by atomic mass is 10.1. The van der Waals surface area contributed by atoms with Crippen LogP contribution < -0.4 is 19.5 Å². The summed E-state index contributed by atoms with van der Waals surface area (Å²) in [6.07, 6.45) is 0.972. The maximum absolute atomic E-state index is 12.5. The van der Waals surface area contributed by atoms with E-state index in [1.54, 1.807) is 32.4 Å². The quantitative estimate of drug-likeness (QED) is 0.412. The Morgan fingerprint density at radius 3 is 2.41 bits per heavy atom. The zero-order valence-corrected chi connectivity index (χ0v) is 20.0. The Morgan fingerprint density at radius 2 is 1.74 bits per heavy atom. The van der Waals surface area contributed by atoms with Crippen LogP contribution in [0.2, 0.25) is 0 Å². The minimum atomic E-state index is -0.313. The summed E-state index contributed by atoms with van der Waals surface area (Å²) in [4.78, 5) is 17.2. The summed E-state index contributed by atoms with van der Waals surface area (Å²) >= 11 is 0. The van der Waals surface area contributed by atoms with Gasteiger partial charge in [-0.25, -0.2) is 4.68 Å². The molecule has 0 aliphatic rings. The van der Waals surface area contributed by atoms with Gasteiger partial charge in [-0.15, -0.1) is 0 Å². The topological polar surface area (TPSA) is 87.5 Å². The summed E-state index contributed by atoms with van der Waals surface area (Å²) in [5.41, 5.74) is 5.31. The molecule has 176 valence electrons. The molecular weight excluding hydrogens is 432 g/mol. The fourth-order valence-corrected chi connectivity index (χ4v) is 3.85. The van der Waals surface area contributed by atoms with E-state index >= 15 is 0 Å². The molecule has 8 heteroatoms. The number of carbonyl (C=O) groups is 1. The normalized spacial score (nSPS) is 10.9. The third-order valence-corrected chi connectivity index (χ3v) is 5.59. The number of rotatable bonds is 8. The average molecular weight is 461 g/mol. The van der Waals surface area contributed by atoms with Crippen molar-refractivity contribution >= 4 is 22.6 Å². The Balaban J connectivity index is 1.53. The second-order valence-corrected chi connectivity index (χ2v) is 7.90. The molecule has 0 spiro atoms. The number of ether oxygens (including phenoxy) is 3. The fraction of sp³-hybridized carbons (Fsp3) is 0.269. The largest absolute Gasteiger partial charge is 0.493 e. The third-order valence-electron chi connectivity index (χ3n) is 5.59. The standard InChI is InChI=1S/C26H28N4O4/c1-6-18-7-10-20(11-8-18)30-26-25(17(3)29-30)16(2)13-24(28-26)34-15-23(31)27-19-9-12-21(32-4)22(14-19)33-5/h7-14H,6,15H2,1-5H3,(H,27,31). The SMILES string of the molecule is CCc1ccc(-n2nc(C)c3c(C)cc(OCC(=O)Nc4ccc(OC)c(OC)c4)nc32)cc1. The molecule has 2 heterocycles. The third kappa shape index (κ3) is 4.66. The number of hydrogen-bond donors (Lipinski definition) is 1. The number of nitrogens with one attached hydrogen (secondary N) is 1. The average Bonchev–Trinajstić information content (AvgIpc) is 3.19. The van der Waals surface area contributed by atoms with Gasteiger partial charge in [-0.2, -0.15) is 10.1 Å². The number of amides is 1. The zero-order valence-electron chi connectivity index (χ0n) is 20.0. The predicted octanol–water partition coefficient (Wildman–Crippen LogP) is 4.63. The molecule has 2 aromatic carbocycles. The number of hydrogen-bond acceptors (Lipinski definition) is 6. The Bertz CT molecular complexity index is 1330. The number of fused-ring (bicyclic) bond motifs is 1. The van der Waals surface area contributed by atoms with Gasteiger partial charge in [-0.1, -0.05) is 19.1 Å². The van der Waals surface area contributed by atoms with E-state index < -0.39 is 0 Å². The molecular formula is C26H28N4O4. The van der Waals surface area contributed by atoms with Crippen LogP contribution in [0.15, 0.2) is 48.5 Å². The van der Waals surface area contributed by atoms with E-state index in [2.05, 4.69) is 29.4 Å². The first-order chi connectivity index (χ1) is 16.4. The molecule has 0 saturated heterocycles.